The van der Waals surface area contributed by atoms with E-state index < -0.39 is 12.5 Å². The Hall–Kier alpha value is -3.53. The number of hydrogen-bond donors (Lipinski definition) is 1. The molecule has 1 aliphatic heterocycles. The summed E-state index contributed by atoms with van der Waals surface area (Å²) in [6.07, 6.45) is -0.329. The Kier molecular flexibility index (Phi) is 4.85. The SMILES string of the molecule is Cn1nccc1-c1ccc(OC2=CC(c3ccc(OC(F)(F)F)cc3)ON2)cn1. The third-order valence-electron chi connectivity index (χ3n) is 4.08. The molecule has 0 saturated carbocycles. The molecule has 7 nitrogen and oxygen atoms in total. The van der Waals surface area contributed by atoms with Crippen LogP contribution in [-0.4, -0.2) is 21.1 Å². The van der Waals surface area contributed by atoms with Crippen molar-refractivity contribution in [1.29, 1.82) is 0 Å². The van der Waals surface area contributed by atoms with E-state index in [1.165, 1.54) is 24.3 Å². The maximum absolute atomic E-state index is 12.2. The number of aryl methyl sites for hydroxylation is 1. The number of pyridine rings is 1. The number of benzene rings is 1. The van der Waals surface area contributed by atoms with Gasteiger partial charge in [-0.25, -0.2) is 5.48 Å². The van der Waals surface area contributed by atoms with E-state index in [9.17, 15) is 13.2 Å². The molecule has 1 atom stereocenters. The highest BCUT2D eigenvalue weighted by Crippen LogP contribution is 2.29. The van der Waals surface area contributed by atoms with Crippen molar-refractivity contribution in [3.05, 3.63) is 72.4 Å². The fourth-order valence-corrected chi connectivity index (χ4v) is 2.75. The van der Waals surface area contributed by atoms with Crippen LogP contribution in [0.25, 0.3) is 11.4 Å². The van der Waals surface area contributed by atoms with Crippen LogP contribution in [0.4, 0.5) is 13.2 Å². The molecular formula is C19H15F3N4O3. The summed E-state index contributed by atoms with van der Waals surface area (Å²) < 4.78 is 48.0. The zero-order valence-corrected chi connectivity index (χ0v) is 15.1. The second-order valence-corrected chi connectivity index (χ2v) is 6.11. The molecule has 0 saturated heterocycles. The predicted molar refractivity (Wildman–Crippen MR) is 95.2 cm³/mol. The molecule has 1 unspecified atom stereocenters. The first-order chi connectivity index (χ1) is 13.9. The van der Waals surface area contributed by atoms with Crippen molar-refractivity contribution < 1.29 is 27.5 Å². The van der Waals surface area contributed by atoms with E-state index in [0.717, 1.165) is 11.4 Å². The van der Waals surface area contributed by atoms with Crippen LogP contribution in [0.15, 0.2) is 66.8 Å². The molecular weight excluding hydrogens is 389 g/mol. The first-order valence-electron chi connectivity index (χ1n) is 8.49. The minimum Gasteiger partial charge on any atom is -0.438 e. The van der Waals surface area contributed by atoms with Gasteiger partial charge in [0.1, 0.15) is 17.6 Å². The number of nitrogens with one attached hydrogen (secondary N) is 1. The molecule has 150 valence electrons. The zero-order chi connectivity index (χ0) is 20.4. The summed E-state index contributed by atoms with van der Waals surface area (Å²) in [5.41, 5.74) is 4.90. The number of hydrogen-bond acceptors (Lipinski definition) is 6. The molecule has 0 amide bonds. The molecule has 10 heteroatoms. The molecule has 0 fully saturated rings. The third kappa shape index (κ3) is 4.49. The van der Waals surface area contributed by atoms with Gasteiger partial charge in [0, 0.05) is 19.3 Å². The average molecular weight is 404 g/mol. The Bertz CT molecular complexity index is 1010. The lowest BCUT2D eigenvalue weighted by Gasteiger charge is -2.11. The van der Waals surface area contributed by atoms with Gasteiger partial charge in [-0.15, -0.1) is 13.2 Å². The van der Waals surface area contributed by atoms with E-state index >= 15 is 0 Å². The van der Waals surface area contributed by atoms with Crippen molar-refractivity contribution in [3.8, 4) is 22.9 Å². The van der Waals surface area contributed by atoms with Crippen molar-refractivity contribution >= 4 is 0 Å². The average Bonchev–Trinajstić information content (AvgIpc) is 3.31. The maximum Gasteiger partial charge on any atom is 0.573 e. The van der Waals surface area contributed by atoms with E-state index in [1.807, 2.05) is 13.1 Å². The molecule has 4 rings (SSSR count). The minimum absolute atomic E-state index is 0.299. The number of halogens is 3. The number of hydroxylamine groups is 1. The summed E-state index contributed by atoms with van der Waals surface area (Å²) >= 11 is 0. The van der Waals surface area contributed by atoms with Crippen molar-refractivity contribution in [2.24, 2.45) is 7.05 Å². The van der Waals surface area contributed by atoms with Gasteiger partial charge in [0.05, 0.1) is 17.6 Å². The zero-order valence-electron chi connectivity index (χ0n) is 15.1. The molecule has 1 N–H and O–H groups in total. The summed E-state index contributed by atoms with van der Waals surface area (Å²) in [4.78, 5) is 9.75. The summed E-state index contributed by atoms with van der Waals surface area (Å²) in [6, 6.07) is 10.8. The highest BCUT2D eigenvalue weighted by Gasteiger charge is 2.31. The molecule has 29 heavy (non-hydrogen) atoms. The van der Waals surface area contributed by atoms with Crippen LogP contribution in [-0.2, 0) is 11.9 Å². The smallest absolute Gasteiger partial charge is 0.438 e. The minimum atomic E-state index is -4.73. The molecule has 1 aliphatic rings. The Morgan fingerprint density at radius 1 is 1.07 bits per heavy atom. The molecule has 1 aromatic carbocycles. The molecule has 0 radical (unpaired) electrons. The normalized spacial score (nSPS) is 16.3. The van der Waals surface area contributed by atoms with E-state index in [4.69, 9.17) is 9.57 Å². The van der Waals surface area contributed by atoms with Gasteiger partial charge in [0.2, 0.25) is 5.88 Å². The first-order valence-corrected chi connectivity index (χ1v) is 8.49. The van der Waals surface area contributed by atoms with Crippen molar-refractivity contribution in [2.45, 2.75) is 12.5 Å². The third-order valence-corrected chi connectivity index (χ3v) is 4.08. The van der Waals surface area contributed by atoms with Crippen LogP contribution in [0.1, 0.15) is 11.7 Å². The van der Waals surface area contributed by atoms with Crippen molar-refractivity contribution in [3.63, 3.8) is 0 Å². The summed E-state index contributed by atoms with van der Waals surface area (Å²) in [5, 5.41) is 4.10. The van der Waals surface area contributed by atoms with Gasteiger partial charge in [0.25, 0.3) is 0 Å². The summed E-state index contributed by atoms with van der Waals surface area (Å²) in [7, 11) is 1.83. The van der Waals surface area contributed by atoms with Gasteiger partial charge in [-0.3, -0.25) is 14.5 Å². The number of ether oxygens (including phenoxy) is 2. The predicted octanol–water partition coefficient (Wildman–Crippen LogP) is 3.88. The molecule has 0 spiro atoms. The number of nitrogens with zero attached hydrogens (tertiary/aromatic N) is 3. The van der Waals surface area contributed by atoms with Gasteiger partial charge in [0.15, 0.2) is 0 Å². The lowest BCUT2D eigenvalue weighted by Crippen LogP contribution is -2.17. The Morgan fingerprint density at radius 2 is 1.83 bits per heavy atom. The second-order valence-electron chi connectivity index (χ2n) is 6.11. The second kappa shape index (κ2) is 7.47. The van der Waals surface area contributed by atoms with Crippen LogP contribution in [0.3, 0.4) is 0 Å². The van der Waals surface area contributed by atoms with Crippen LogP contribution in [0.2, 0.25) is 0 Å². The molecule has 2 aromatic heterocycles. The lowest BCUT2D eigenvalue weighted by molar-refractivity contribution is -0.274. The summed E-state index contributed by atoms with van der Waals surface area (Å²) in [5.74, 6) is 0.542. The fourth-order valence-electron chi connectivity index (χ4n) is 2.75. The monoisotopic (exact) mass is 404 g/mol. The van der Waals surface area contributed by atoms with Gasteiger partial charge in [-0.05, 0) is 35.9 Å². The number of aromatic nitrogens is 3. The van der Waals surface area contributed by atoms with Crippen molar-refractivity contribution in [2.75, 3.05) is 0 Å². The van der Waals surface area contributed by atoms with E-state index in [0.29, 0.717) is 17.2 Å². The Morgan fingerprint density at radius 3 is 2.45 bits per heavy atom. The molecule has 3 aromatic rings. The molecule has 3 heterocycles. The molecule has 0 bridgehead atoms. The molecule has 0 aliphatic carbocycles. The van der Waals surface area contributed by atoms with Crippen molar-refractivity contribution in [1.82, 2.24) is 20.2 Å². The standard InChI is InChI=1S/C19H15F3N4O3/c1-26-16(8-9-24-26)15-7-6-14(11-23-15)27-18-10-17(29-25-18)12-2-4-13(5-3-12)28-19(20,21)22/h2-11,17,25H,1H3. The van der Waals surface area contributed by atoms with E-state index in [2.05, 4.69) is 20.3 Å². The fraction of sp³-hybridized carbons (Fsp3) is 0.158. The topological polar surface area (TPSA) is 70.4 Å². The number of alkyl halides is 3. The Balaban J connectivity index is 1.41. The van der Waals surface area contributed by atoms with Gasteiger partial charge in [-0.2, -0.15) is 5.10 Å². The largest absolute Gasteiger partial charge is 0.573 e. The van der Waals surface area contributed by atoms with Crippen LogP contribution >= 0.6 is 0 Å². The van der Waals surface area contributed by atoms with Crippen LogP contribution in [0.5, 0.6) is 11.5 Å². The van der Waals surface area contributed by atoms with Crippen LogP contribution < -0.4 is 15.0 Å². The van der Waals surface area contributed by atoms with Gasteiger partial charge in [-0.1, -0.05) is 12.1 Å². The van der Waals surface area contributed by atoms with Gasteiger partial charge >= 0.3 is 6.36 Å². The highest BCUT2D eigenvalue weighted by atomic mass is 19.4. The number of rotatable bonds is 5. The lowest BCUT2D eigenvalue weighted by atomic mass is 10.1. The van der Waals surface area contributed by atoms with E-state index in [-0.39, 0.29) is 5.75 Å². The van der Waals surface area contributed by atoms with Gasteiger partial charge < -0.3 is 9.47 Å². The maximum atomic E-state index is 12.2. The quantitative estimate of drug-likeness (QED) is 0.696. The first kappa shape index (κ1) is 18.8. The highest BCUT2D eigenvalue weighted by molar-refractivity contribution is 5.54. The summed E-state index contributed by atoms with van der Waals surface area (Å²) in [6.45, 7) is 0. The Labute approximate surface area is 163 Å². The van der Waals surface area contributed by atoms with Crippen LogP contribution in [0, 0.1) is 0 Å². The van der Waals surface area contributed by atoms with E-state index in [1.54, 1.807) is 35.3 Å².